The van der Waals surface area contributed by atoms with Crippen molar-refractivity contribution in [1.82, 2.24) is 15.1 Å². The lowest BCUT2D eigenvalue weighted by molar-refractivity contribution is 0.0625. The van der Waals surface area contributed by atoms with E-state index in [4.69, 9.17) is 5.73 Å². The third-order valence-corrected chi connectivity index (χ3v) is 4.43. The fourth-order valence-corrected chi connectivity index (χ4v) is 2.68. The van der Waals surface area contributed by atoms with E-state index < -0.39 is 0 Å². The molecule has 1 amide bonds. The van der Waals surface area contributed by atoms with Crippen molar-refractivity contribution in [2.45, 2.75) is 45.4 Å². The van der Waals surface area contributed by atoms with Gasteiger partial charge in [0, 0.05) is 19.0 Å². The summed E-state index contributed by atoms with van der Waals surface area (Å²) in [7, 11) is 0. The van der Waals surface area contributed by atoms with Gasteiger partial charge < -0.3 is 10.6 Å². The topological polar surface area (TPSA) is 75.0 Å². The molecule has 0 radical (unpaired) electrons. The summed E-state index contributed by atoms with van der Waals surface area (Å²) < 4.78 is 0. The minimum Gasteiger partial charge on any atom is -0.395 e. The van der Waals surface area contributed by atoms with E-state index in [0.29, 0.717) is 22.7 Å². The Labute approximate surface area is 113 Å². The van der Waals surface area contributed by atoms with Gasteiger partial charge in [-0.05, 0) is 31.1 Å². The molecule has 2 fully saturated rings. The lowest BCUT2D eigenvalue weighted by atomic mass is 9.82. The van der Waals surface area contributed by atoms with Gasteiger partial charge in [0.2, 0.25) is 0 Å². The highest BCUT2D eigenvalue weighted by molar-refractivity contribution is 5.97. The average molecular weight is 262 g/mol. The lowest BCUT2D eigenvalue weighted by Crippen LogP contribution is -2.41. The Morgan fingerprint density at radius 2 is 2.00 bits per heavy atom. The Morgan fingerprint density at radius 3 is 2.58 bits per heavy atom. The number of aromatic nitrogens is 2. The molecule has 3 rings (SSSR count). The predicted octanol–water partition coefficient (Wildman–Crippen LogP) is 2.13. The third-order valence-electron chi connectivity index (χ3n) is 4.43. The van der Waals surface area contributed by atoms with Crippen LogP contribution < -0.4 is 5.73 Å². The summed E-state index contributed by atoms with van der Waals surface area (Å²) in [4.78, 5) is 14.3. The van der Waals surface area contributed by atoms with Crippen molar-refractivity contribution in [3.8, 4) is 0 Å². The molecule has 1 aromatic rings. The molecule has 1 aliphatic heterocycles. The fourth-order valence-electron chi connectivity index (χ4n) is 2.68. The summed E-state index contributed by atoms with van der Waals surface area (Å²) in [6, 6.07) is 0. The molecule has 2 aliphatic rings. The molecule has 0 atom stereocenters. The van der Waals surface area contributed by atoms with Crippen LogP contribution in [0.25, 0.3) is 0 Å². The molecule has 3 N–H and O–H groups in total. The molecule has 2 heterocycles. The maximum atomic E-state index is 12.5. The van der Waals surface area contributed by atoms with Crippen LogP contribution in [0.1, 0.15) is 61.6 Å². The van der Waals surface area contributed by atoms with E-state index in [0.717, 1.165) is 44.5 Å². The Balaban J connectivity index is 1.74. The number of nitrogens with zero attached hydrogens (tertiary/aromatic N) is 2. The standard InChI is InChI=1S/C14H22N4O/c1-14(2)5-7-18(8-6-14)13(19)12-10(15)11(16-17-12)9-3-4-9/h9H,3-8,15H2,1-2H3,(H,16,17). The normalized spacial score (nSPS) is 22.5. The molecule has 0 spiro atoms. The molecule has 19 heavy (non-hydrogen) atoms. The number of anilines is 1. The highest BCUT2D eigenvalue weighted by Gasteiger charge is 2.33. The van der Waals surface area contributed by atoms with Gasteiger partial charge in [0.05, 0.1) is 11.4 Å². The minimum absolute atomic E-state index is 0.0175. The summed E-state index contributed by atoms with van der Waals surface area (Å²) in [6.45, 7) is 6.11. The van der Waals surface area contributed by atoms with E-state index in [2.05, 4.69) is 24.0 Å². The number of aromatic amines is 1. The number of rotatable bonds is 2. The van der Waals surface area contributed by atoms with E-state index in [9.17, 15) is 4.79 Å². The van der Waals surface area contributed by atoms with Crippen LogP contribution in [0.2, 0.25) is 0 Å². The second-order valence-electron chi connectivity index (χ2n) is 6.63. The second kappa shape index (κ2) is 4.25. The van der Waals surface area contributed by atoms with Crippen molar-refractivity contribution in [2.75, 3.05) is 18.8 Å². The minimum atomic E-state index is -0.0175. The van der Waals surface area contributed by atoms with Gasteiger partial charge >= 0.3 is 0 Å². The summed E-state index contributed by atoms with van der Waals surface area (Å²) >= 11 is 0. The van der Waals surface area contributed by atoms with Gasteiger partial charge in [-0.1, -0.05) is 13.8 Å². The molecule has 5 heteroatoms. The highest BCUT2D eigenvalue weighted by atomic mass is 16.2. The number of piperidine rings is 1. The fraction of sp³-hybridized carbons (Fsp3) is 0.714. The number of likely N-dealkylation sites (tertiary alicyclic amines) is 1. The van der Waals surface area contributed by atoms with Crippen molar-refractivity contribution >= 4 is 11.6 Å². The van der Waals surface area contributed by atoms with Crippen molar-refractivity contribution in [3.05, 3.63) is 11.4 Å². The maximum absolute atomic E-state index is 12.5. The lowest BCUT2D eigenvalue weighted by Gasteiger charge is -2.36. The van der Waals surface area contributed by atoms with Crippen molar-refractivity contribution in [1.29, 1.82) is 0 Å². The third kappa shape index (κ3) is 2.33. The summed E-state index contributed by atoms with van der Waals surface area (Å²) in [5.41, 5.74) is 8.35. The highest BCUT2D eigenvalue weighted by Crippen LogP contribution is 2.42. The van der Waals surface area contributed by atoms with Crippen LogP contribution in [0.3, 0.4) is 0 Å². The van der Waals surface area contributed by atoms with Gasteiger partial charge in [0.25, 0.3) is 5.91 Å². The van der Waals surface area contributed by atoms with E-state index in [-0.39, 0.29) is 5.91 Å². The van der Waals surface area contributed by atoms with Gasteiger partial charge in [0.1, 0.15) is 0 Å². The number of hydrogen-bond acceptors (Lipinski definition) is 3. The van der Waals surface area contributed by atoms with Crippen molar-refractivity contribution in [2.24, 2.45) is 5.41 Å². The predicted molar refractivity (Wildman–Crippen MR) is 73.9 cm³/mol. The van der Waals surface area contributed by atoms with Crippen molar-refractivity contribution in [3.63, 3.8) is 0 Å². The Morgan fingerprint density at radius 1 is 1.37 bits per heavy atom. The largest absolute Gasteiger partial charge is 0.395 e. The maximum Gasteiger partial charge on any atom is 0.276 e. The van der Waals surface area contributed by atoms with Gasteiger partial charge in [-0.15, -0.1) is 0 Å². The van der Waals surface area contributed by atoms with Crippen LogP contribution in [0, 0.1) is 5.41 Å². The zero-order chi connectivity index (χ0) is 13.6. The molecule has 1 aliphatic carbocycles. The first kappa shape index (κ1) is 12.5. The summed E-state index contributed by atoms with van der Waals surface area (Å²) in [5, 5.41) is 7.10. The smallest absolute Gasteiger partial charge is 0.276 e. The first-order valence-corrected chi connectivity index (χ1v) is 7.11. The zero-order valence-electron chi connectivity index (χ0n) is 11.7. The number of nitrogen functional groups attached to an aromatic ring is 1. The molecule has 1 saturated carbocycles. The van der Waals surface area contributed by atoms with Crippen molar-refractivity contribution < 1.29 is 4.79 Å². The summed E-state index contributed by atoms with van der Waals surface area (Å²) in [6.07, 6.45) is 4.38. The molecule has 0 bridgehead atoms. The first-order valence-electron chi connectivity index (χ1n) is 7.11. The molecule has 0 aromatic carbocycles. The van der Waals surface area contributed by atoms with Gasteiger partial charge in [-0.3, -0.25) is 9.89 Å². The average Bonchev–Trinajstić information content (AvgIpc) is 3.12. The molecule has 1 aromatic heterocycles. The Kier molecular flexibility index (Phi) is 2.80. The van der Waals surface area contributed by atoms with Crippen LogP contribution in [0.4, 0.5) is 5.69 Å². The number of carbonyl (C=O) groups is 1. The Bertz CT molecular complexity index is 492. The number of nitrogens with one attached hydrogen (secondary N) is 1. The van der Waals surface area contributed by atoms with E-state index >= 15 is 0 Å². The second-order valence-corrected chi connectivity index (χ2v) is 6.63. The number of H-pyrrole nitrogens is 1. The monoisotopic (exact) mass is 262 g/mol. The number of carbonyl (C=O) groups excluding carboxylic acids is 1. The number of amides is 1. The molecule has 1 saturated heterocycles. The van der Waals surface area contributed by atoms with Gasteiger partial charge in [0.15, 0.2) is 5.69 Å². The van der Waals surface area contributed by atoms with E-state index in [1.807, 2.05) is 4.90 Å². The molecular formula is C14H22N4O. The van der Waals surface area contributed by atoms with Gasteiger partial charge in [-0.25, -0.2) is 0 Å². The zero-order valence-corrected chi connectivity index (χ0v) is 11.7. The first-order chi connectivity index (χ1) is 8.98. The van der Waals surface area contributed by atoms with Crippen LogP contribution in [0.15, 0.2) is 0 Å². The van der Waals surface area contributed by atoms with Crippen LogP contribution in [-0.4, -0.2) is 34.1 Å². The summed E-state index contributed by atoms with van der Waals surface area (Å²) in [5.74, 6) is 0.477. The number of hydrogen-bond donors (Lipinski definition) is 2. The SMILES string of the molecule is CC1(C)CCN(C(=O)c2n[nH]c(C3CC3)c2N)CC1. The Hall–Kier alpha value is -1.52. The molecule has 0 unspecified atom stereocenters. The molecule has 5 nitrogen and oxygen atoms in total. The van der Waals surface area contributed by atoms with Crippen LogP contribution in [0.5, 0.6) is 0 Å². The van der Waals surface area contributed by atoms with Crippen LogP contribution in [-0.2, 0) is 0 Å². The molecule has 104 valence electrons. The van der Waals surface area contributed by atoms with Crippen LogP contribution >= 0.6 is 0 Å². The number of nitrogens with two attached hydrogens (primary N) is 1. The van der Waals surface area contributed by atoms with E-state index in [1.165, 1.54) is 0 Å². The molecular weight excluding hydrogens is 240 g/mol. The van der Waals surface area contributed by atoms with E-state index in [1.54, 1.807) is 0 Å². The quantitative estimate of drug-likeness (QED) is 0.857. The van der Waals surface area contributed by atoms with Gasteiger partial charge in [-0.2, -0.15) is 5.10 Å².